The Bertz CT molecular complexity index is 320. The normalized spacial score (nSPS) is 19.3. The second-order valence-electron chi connectivity index (χ2n) is 4.07. The second-order valence-corrected chi connectivity index (χ2v) is 5.13. The predicted molar refractivity (Wildman–Crippen MR) is 60.1 cm³/mol. The number of hydrogen-bond donors (Lipinski definition) is 1. The van der Waals surface area contributed by atoms with Crippen molar-refractivity contribution in [3.8, 4) is 0 Å². The average Bonchev–Trinajstić information content (AvgIpc) is 2.84. The summed E-state index contributed by atoms with van der Waals surface area (Å²) in [4.78, 5) is 0. The molecular weight excluding hydrogens is 213 g/mol. The summed E-state index contributed by atoms with van der Waals surface area (Å²) in [5.41, 5.74) is -1.02. The van der Waals surface area contributed by atoms with Crippen molar-refractivity contribution in [1.82, 2.24) is 10.2 Å². The molecule has 1 aromatic rings. The molecule has 1 saturated carbocycles. The van der Waals surface area contributed by atoms with Gasteiger partial charge in [0.2, 0.25) is 5.13 Å². The number of halogens is 1. The summed E-state index contributed by atoms with van der Waals surface area (Å²) >= 11 is 1.51. The van der Waals surface area contributed by atoms with Gasteiger partial charge in [-0.2, -0.15) is 0 Å². The fraction of sp³-hybridized carbons (Fsp3) is 0.800. The fourth-order valence-corrected chi connectivity index (χ4v) is 2.56. The van der Waals surface area contributed by atoms with Gasteiger partial charge in [-0.25, -0.2) is 4.39 Å². The molecule has 0 radical (unpaired) electrons. The Morgan fingerprint density at radius 1 is 1.40 bits per heavy atom. The lowest BCUT2D eigenvalue weighted by molar-refractivity contribution is 0.190. The molecule has 0 unspecified atom stereocenters. The minimum atomic E-state index is -1.02. The summed E-state index contributed by atoms with van der Waals surface area (Å²) < 4.78 is 14.0. The Labute approximate surface area is 93.1 Å². The van der Waals surface area contributed by atoms with Crippen molar-refractivity contribution < 1.29 is 4.39 Å². The minimum Gasteiger partial charge on any atom is -0.357 e. The summed E-state index contributed by atoms with van der Waals surface area (Å²) in [7, 11) is 0. The molecule has 5 heteroatoms. The van der Waals surface area contributed by atoms with Crippen molar-refractivity contribution in [3.05, 3.63) is 5.01 Å². The van der Waals surface area contributed by atoms with Crippen LogP contribution in [-0.2, 0) is 6.42 Å². The van der Waals surface area contributed by atoms with Crippen LogP contribution in [-0.4, -0.2) is 22.4 Å². The summed E-state index contributed by atoms with van der Waals surface area (Å²) in [5.74, 6) is 0. The Hall–Kier alpha value is -0.710. The lowest BCUT2D eigenvalue weighted by Crippen LogP contribution is -2.28. The lowest BCUT2D eigenvalue weighted by Gasteiger charge is -2.18. The van der Waals surface area contributed by atoms with E-state index in [1.54, 1.807) is 0 Å². The van der Waals surface area contributed by atoms with Crippen molar-refractivity contribution in [1.29, 1.82) is 0 Å². The predicted octanol–water partition coefficient (Wildman–Crippen LogP) is 2.79. The van der Waals surface area contributed by atoms with E-state index in [0.717, 1.165) is 29.4 Å². The van der Waals surface area contributed by atoms with Crippen LogP contribution in [0.5, 0.6) is 0 Å². The van der Waals surface area contributed by atoms with Crippen LogP contribution in [0.15, 0.2) is 0 Å². The molecular formula is C10H16FN3S. The van der Waals surface area contributed by atoms with Crippen LogP contribution in [0.25, 0.3) is 0 Å². The van der Waals surface area contributed by atoms with E-state index in [4.69, 9.17) is 0 Å². The smallest absolute Gasteiger partial charge is 0.205 e. The Morgan fingerprint density at radius 3 is 2.73 bits per heavy atom. The van der Waals surface area contributed by atoms with E-state index in [1.165, 1.54) is 11.3 Å². The van der Waals surface area contributed by atoms with Crippen LogP contribution in [0.3, 0.4) is 0 Å². The van der Waals surface area contributed by atoms with Crippen LogP contribution in [0.2, 0.25) is 0 Å². The van der Waals surface area contributed by atoms with Crippen LogP contribution in [0, 0.1) is 0 Å². The SMILES string of the molecule is CCc1nnc(NCC2(F)CCCC2)s1. The van der Waals surface area contributed by atoms with E-state index in [0.29, 0.717) is 19.4 Å². The van der Waals surface area contributed by atoms with Crippen molar-refractivity contribution >= 4 is 16.5 Å². The third-order valence-electron chi connectivity index (χ3n) is 2.83. The summed E-state index contributed by atoms with van der Waals surface area (Å²) in [6.45, 7) is 2.42. The van der Waals surface area contributed by atoms with Gasteiger partial charge in [0.1, 0.15) is 10.7 Å². The zero-order chi connectivity index (χ0) is 10.7. The van der Waals surface area contributed by atoms with Crippen LogP contribution >= 0.6 is 11.3 Å². The van der Waals surface area contributed by atoms with Gasteiger partial charge in [0.15, 0.2) is 0 Å². The fourth-order valence-electron chi connectivity index (χ4n) is 1.89. The lowest BCUT2D eigenvalue weighted by atomic mass is 10.1. The number of aromatic nitrogens is 2. The highest BCUT2D eigenvalue weighted by Gasteiger charge is 2.33. The minimum absolute atomic E-state index is 0.380. The van der Waals surface area contributed by atoms with Gasteiger partial charge in [-0.3, -0.25) is 0 Å². The molecule has 1 aliphatic carbocycles. The Kier molecular flexibility index (Phi) is 3.19. The third-order valence-corrected chi connectivity index (χ3v) is 3.85. The van der Waals surface area contributed by atoms with Crippen molar-refractivity contribution in [2.24, 2.45) is 0 Å². The molecule has 0 atom stereocenters. The molecule has 1 heterocycles. The number of aryl methyl sites for hydroxylation is 1. The van der Waals surface area contributed by atoms with Crippen LogP contribution in [0.1, 0.15) is 37.6 Å². The van der Waals surface area contributed by atoms with Crippen molar-refractivity contribution in [2.75, 3.05) is 11.9 Å². The van der Waals surface area contributed by atoms with Gasteiger partial charge in [-0.15, -0.1) is 10.2 Å². The maximum Gasteiger partial charge on any atom is 0.205 e. The van der Waals surface area contributed by atoms with Gasteiger partial charge in [-0.05, 0) is 19.3 Å². The highest BCUT2D eigenvalue weighted by molar-refractivity contribution is 7.15. The number of nitrogens with zero attached hydrogens (tertiary/aromatic N) is 2. The number of alkyl halides is 1. The summed E-state index contributed by atoms with van der Waals surface area (Å²) in [5, 5.41) is 12.8. The number of anilines is 1. The van der Waals surface area contributed by atoms with Crippen LogP contribution < -0.4 is 5.32 Å². The van der Waals surface area contributed by atoms with Crippen molar-refractivity contribution in [3.63, 3.8) is 0 Å². The molecule has 1 N–H and O–H groups in total. The zero-order valence-electron chi connectivity index (χ0n) is 8.92. The van der Waals surface area contributed by atoms with E-state index < -0.39 is 5.67 Å². The molecule has 1 aliphatic rings. The summed E-state index contributed by atoms with van der Waals surface area (Å²) in [6, 6.07) is 0. The van der Waals surface area contributed by atoms with E-state index in [9.17, 15) is 4.39 Å². The molecule has 84 valence electrons. The van der Waals surface area contributed by atoms with E-state index in [1.807, 2.05) is 6.92 Å². The first kappa shape index (κ1) is 10.8. The third kappa shape index (κ3) is 2.65. The highest BCUT2D eigenvalue weighted by Crippen LogP contribution is 2.33. The Balaban J connectivity index is 1.87. The van der Waals surface area contributed by atoms with E-state index in [2.05, 4.69) is 15.5 Å². The second kappa shape index (κ2) is 4.43. The molecule has 0 saturated heterocycles. The monoisotopic (exact) mass is 229 g/mol. The molecule has 0 aromatic carbocycles. The molecule has 0 aliphatic heterocycles. The topological polar surface area (TPSA) is 37.8 Å². The van der Waals surface area contributed by atoms with Gasteiger partial charge in [0, 0.05) is 0 Å². The summed E-state index contributed by atoms with van der Waals surface area (Å²) in [6.07, 6.45) is 4.27. The average molecular weight is 229 g/mol. The number of nitrogens with one attached hydrogen (secondary N) is 1. The molecule has 0 spiro atoms. The quantitative estimate of drug-likeness (QED) is 0.862. The molecule has 3 nitrogen and oxygen atoms in total. The standard InChI is InChI=1S/C10H16FN3S/c1-2-8-13-14-9(15-8)12-7-10(11)5-3-4-6-10/h2-7H2,1H3,(H,12,14). The van der Waals surface area contributed by atoms with Gasteiger partial charge >= 0.3 is 0 Å². The first-order valence-corrected chi connectivity index (χ1v) is 6.29. The van der Waals surface area contributed by atoms with Crippen LogP contribution in [0.4, 0.5) is 9.52 Å². The molecule has 1 aromatic heterocycles. The largest absolute Gasteiger partial charge is 0.357 e. The molecule has 0 amide bonds. The van der Waals surface area contributed by atoms with Gasteiger partial charge in [0.25, 0.3) is 0 Å². The van der Waals surface area contributed by atoms with Gasteiger partial charge in [-0.1, -0.05) is 31.1 Å². The highest BCUT2D eigenvalue weighted by atomic mass is 32.1. The van der Waals surface area contributed by atoms with E-state index in [-0.39, 0.29) is 0 Å². The van der Waals surface area contributed by atoms with Gasteiger partial charge in [0.05, 0.1) is 6.54 Å². The zero-order valence-corrected chi connectivity index (χ0v) is 9.74. The molecule has 15 heavy (non-hydrogen) atoms. The molecule has 0 bridgehead atoms. The first-order chi connectivity index (χ1) is 7.22. The van der Waals surface area contributed by atoms with Gasteiger partial charge < -0.3 is 5.32 Å². The molecule has 2 rings (SSSR count). The maximum atomic E-state index is 14.0. The number of rotatable bonds is 4. The maximum absolute atomic E-state index is 14.0. The van der Waals surface area contributed by atoms with Crippen molar-refractivity contribution in [2.45, 2.75) is 44.7 Å². The molecule has 1 fully saturated rings. The first-order valence-electron chi connectivity index (χ1n) is 5.47. The van der Waals surface area contributed by atoms with E-state index >= 15 is 0 Å². The Morgan fingerprint density at radius 2 is 2.13 bits per heavy atom. The number of hydrogen-bond acceptors (Lipinski definition) is 4.